The highest BCUT2D eigenvalue weighted by Crippen LogP contribution is 2.41. The van der Waals surface area contributed by atoms with Gasteiger partial charge in [0.2, 0.25) is 5.91 Å². The molecule has 2 aliphatic rings. The Bertz CT molecular complexity index is 1450. The number of rotatable bonds is 3. The summed E-state index contributed by atoms with van der Waals surface area (Å²) in [6.45, 7) is 5.60. The molecule has 0 bridgehead atoms. The lowest BCUT2D eigenvalue weighted by atomic mass is 9.86. The number of aliphatic hydroxyl groups is 1. The maximum atomic E-state index is 13.3. The number of hydrogen-bond acceptors (Lipinski definition) is 7. The van der Waals surface area contributed by atoms with Crippen molar-refractivity contribution in [3.8, 4) is 11.4 Å². The van der Waals surface area contributed by atoms with Crippen molar-refractivity contribution in [1.82, 2.24) is 9.55 Å². The maximum absolute atomic E-state index is 13.3. The van der Waals surface area contributed by atoms with Crippen LogP contribution in [-0.4, -0.2) is 33.1 Å². The molecule has 0 saturated carbocycles. The van der Waals surface area contributed by atoms with Crippen molar-refractivity contribution in [3.05, 3.63) is 56.4 Å². The van der Waals surface area contributed by atoms with E-state index in [2.05, 4.69) is 5.32 Å². The Morgan fingerprint density at radius 3 is 2.68 bits per heavy atom. The number of pyridine rings is 2. The van der Waals surface area contributed by atoms with Gasteiger partial charge in [-0.25, -0.2) is 9.78 Å². The Morgan fingerprint density at radius 2 is 2.00 bits per heavy atom. The summed E-state index contributed by atoms with van der Waals surface area (Å²) in [5, 5.41) is 14.7. The lowest BCUT2D eigenvalue weighted by Crippen LogP contribution is -2.44. The number of esters is 1. The molecule has 34 heavy (non-hydrogen) atoms. The van der Waals surface area contributed by atoms with Crippen molar-refractivity contribution in [2.45, 2.75) is 45.9 Å². The quantitative estimate of drug-likeness (QED) is 0.378. The highest BCUT2D eigenvalue weighted by Gasteiger charge is 2.45. The molecule has 1 amide bonds. The number of benzene rings is 1. The van der Waals surface area contributed by atoms with E-state index in [1.54, 1.807) is 23.6 Å². The Labute approximate surface area is 201 Å². The van der Waals surface area contributed by atoms with Crippen LogP contribution < -0.4 is 16.6 Å². The molecular weight excluding hydrogens is 460 g/mol. The third-order valence-electron chi connectivity index (χ3n) is 6.85. The van der Waals surface area contributed by atoms with E-state index in [1.807, 2.05) is 19.9 Å². The molecule has 1 atom stereocenters. The smallest absolute Gasteiger partial charge is 0.343 e. The summed E-state index contributed by atoms with van der Waals surface area (Å²) >= 11 is 0. The summed E-state index contributed by atoms with van der Waals surface area (Å²) < 4.78 is 6.74. The number of fused-ring (bicyclic) bond motifs is 5. The molecular formula is C24H25ClN4O5. The predicted octanol–water partition coefficient (Wildman–Crippen LogP) is 2.02. The van der Waals surface area contributed by atoms with Gasteiger partial charge in [-0.1, -0.05) is 6.92 Å². The summed E-state index contributed by atoms with van der Waals surface area (Å²) in [7, 11) is 0. The van der Waals surface area contributed by atoms with Crippen LogP contribution in [0.3, 0.4) is 0 Å². The Morgan fingerprint density at radius 1 is 1.26 bits per heavy atom. The molecule has 2 aromatic heterocycles. The molecule has 0 unspecified atom stereocenters. The number of nitrogens with two attached hydrogens (primary N) is 1. The number of carbonyl (C=O) groups is 2. The van der Waals surface area contributed by atoms with E-state index in [0.29, 0.717) is 34.7 Å². The first kappa shape index (κ1) is 23.9. The number of halogens is 1. The zero-order valence-corrected chi connectivity index (χ0v) is 19.8. The molecule has 0 aliphatic carbocycles. The maximum Gasteiger partial charge on any atom is 0.343 e. The minimum atomic E-state index is -1.86. The van der Waals surface area contributed by atoms with Crippen molar-refractivity contribution in [2.75, 3.05) is 11.9 Å². The second-order valence-corrected chi connectivity index (χ2v) is 8.55. The fourth-order valence-electron chi connectivity index (χ4n) is 4.93. The van der Waals surface area contributed by atoms with Gasteiger partial charge >= 0.3 is 5.97 Å². The van der Waals surface area contributed by atoms with Crippen molar-refractivity contribution in [2.24, 2.45) is 5.73 Å². The van der Waals surface area contributed by atoms with E-state index in [9.17, 15) is 19.5 Å². The van der Waals surface area contributed by atoms with Gasteiger partial charge < -0.3 is 25.5 Å². The molecule has 0 fully saturated rings. The monoisotopic (exact) mass is 484 g/mol. The summed E-state index contributed by atoms with van der Waals surface area (Å²) in [6, 6.07) is 5.30. The van der Waals surface area contributed by atoms with Crippen LogP contribution in [-0.2, 0) is 33.1 Å². The molecule has 0 spiro atoms. The van der Waals surface area contributed by atoms with Crippen LogP contribution in [0.4, 0.5) is 5.69 Å². The Balaban J connectivity index is 0.00000274. The van der Waals surface area contributed by atoms with E-state index < -0.39 is 11.6 Å². The van der Waals surface area contributed by atoms with E-state index in [0.717, 1.165) is 27.6 Å². The van der Waals surface area contributed by atoms with Crippen molar-refractivity contribution in [3.63, 3.8) is 0 Å². The van der Waals surface area contributed by atoms with Gasteiger partial charge in [0.1, 0.15) is 6.61 Å². The molecule has 0 radical (unpaired) electrons. The first-order chi connectivity index (χ1) is 15.7. The minimum Gasteiger partial charge on any atom is -0.458 e. The van der Waals surface area contributed by atoms with Crippen LogP contribution in [0.15, 0.2) is 23.0 Å². The number of cyclic esters (lactones) is 1. The lowest BCUT2D eigenvalue weighted by Gasteiger charge is -2.31. The molecule has 4 heterocycles. The number of anilines is 1. The molecule has 5 rings (SSSR count). The average molecular weight is 485 g/mol. The number of carbonyl (C=O) groups excluding carboxylic acids is 2. The van der Waals surface area contributed by atoms with E-state index >= 15 is 0 Å². The third kappa shape index (κ3) is 3.15. The summed E-state index contributed by atoms with van der Waals surface area (Å²) in [6.07, 6.45) is 0.0925. The topological polar surface area (TPSA) is 137 Å². The third-order valence-corrected chi connectivity index (χ3v) is 6.85. The first-order valence-corrected chi connectivity index (χ1v) is 10.8. The zero-order chi connectivity index (χ0) is 23.7. The standard InChI is InChI=1S/C24H24N4O5.ClH/c1-4-24(32)15-7-18-21-13(9-28(18)22(30)14(15)10-33-23(24)31)11(2)20-12(3)16(26-19(29)8-25)5-6-17(20)27-21;/h5-7,32H,4,8-10,25H2,1-3H3,(H,26,29);1H/t24-;/m0./s1. The predicted molar refractivity (Wildman–Crippen MR) is 129 cm³/mol. The largest absolute Gasteiger partial charge is 0.458 e. The fraction of sp³-hybridized carbons (Fsp3) is 0.333. The van der Waals surface area contributed by atoms with E-state index in [-0.39, 0.29) is 43.4 Å². The van der Waals surface area contributed by atoms with Gasteiger partial charge in [-0.2, -0.15) is 0 Å². The highest BCUT2D eigenvalue weighted by molar-refractivity contribution is 5.99. The average Bonchev–Trinajstić information content (AvgIpc) is 3.18. The van der Waals surface area contributed by atoms with Crippen molar-refractivity contribution in [1.29, 1.82) is 0 Å². The minimum absolute atomic E-state index is 0. The van der Waals surface area contributed by atoms with Crippen LogP contribution in [0, 0.1) is 13.8 Å². The van der Waals surface area contributed by atoms with Crippen LogP contribution in [0.5, 0.6) is 0 Å². The van der Waals surface area contributed by atoms with Gasteiger partial charge in [-0.05, 0) is 49.6 Å². The second kappa shape index (κ2) is 8.19. The van der Waals surface area contributed by atoms with Crippen LogP contribution in [0.1, 0.15) is 41.2 Å². The molecule has 4 N–H and O–H groups in total. The number of aryl methyl sites for hydroxylation is 2. The van der Waals surface area contributed by atoms with Crippen LogP contribution in [0.25, 0.3) is 22.3 Å². The van der Waals surface area contributed by atoms with Gasteiger partial charge in [0.15, 0.2) is 5.60 Å². The van der Waals surface area contributed by atoms with Gasteiger partial charge in [0.25, 0.3) is 5.56 Å². The Kier molecular flexibility index (Phi) is 5.75. The Hall–Kier alpha value is -3.27. The summed E-state index contributed by atoms with van der Waals surface area (Å²) in [5.41, 5.74) is 9.17. The number of hydrogen-bond donors (Lipinski definition) is 3. The number of amides is 1. The van der Waals surface area contributed by atoms with E-state index in [4.69, 9.17) is 15.5 Å². The molecule has 3 aromatic rings. The fourth-order valence-corrected chi connectivity index (χ4v) is 4.93. The number of nitrogens with one attached hydrogen (secondary N) is 1. The first-order valence-electron chi connectivity index (χ1n) is 10.8. The molecule has 0 saturated heterocycles. The van der Waals surface area contributed by atoms with Crippen LogP contribution in [0.2, 0.25) is 0 Å². The number of ether oxygens (including phenoxy) is 1. The highest BCUT2D eigenvalue weighted by atomic mass is 35.5. The number of nitrogens with zero attached hydrogens (tertiary/aromatic N) is 2. The van der Waals surface area contributed by atoms with Crippen molar-refractivity contribution < 1.29 is 19.4 Å². The summed E-state index contributed by atoms with van der Waals surface area (Å²) in [5.74, 6) is -1.03. The van der Waals surface area contributed by atoms with Crippen LogP contribution >= 0.6 is 12.4 Å². The lowest BCUT2D eigenvalue weighted by molar-refractivity contribution is -0.172. The van der Waals surface area contributed by atoms with E-state index in [1.165, 1.54) is 0 Å². The SMILES string of the molecule is CC[C@@]1(O)C(=O)OCc2c1cc1n(c2=O)Cc2c-1nc1ccc(NC(=O)CN)c(C)c1c2C.Cl. The molecule has 10 heteroatoms. The van der Waals surface area contributed by atoms with Gasteiger partial charge in [0.05, 0.1) is 35.6 Å². The molecule has 178 valence electrons. The molecule has 9 nitrogen and oxygen atoms in total. The molecule has 1 aromatic carbocycles. The zero-order valence-electron chi connectivity index (χ0n) is 19.0. The number of aromatic nitrogens is 2. The van der Waals surface area contributed by atoms with Gasteiger partial charge in [-0.15, -0.1) is 12.4 Å². The van der Waals surface area contributed by atoms with Gasteiger partial charge in [0, 0.05) is 22.2 Å². The van der Waals surface area contributed by atoms with Gasteiger partial charge in [-0.3, -0.25) is 9.59 Å². The second-order valence-electron chi connectivity index (χ2n) is 8.55. The van der Waals surface area contributed by atoms with Crippen molar-refractivity contribution >= 4 is 40.9 Å². The molecule has 2 aliphatic heterocycles. The normalized spacial score (nSPS) is 18.0. The summed E-state index contributed by atoms with van der Waals surface area (Å²) in [4.78, 5) is 42.3.